The third kappa shape index (κ3) is 2.37. The monoisotopic (exact) mass is 278 g/mol. The molecule has 0 fully saturated rings. The smallest absolute Gasteiger partial charge is 0.264 e. The Bertz CT molecular complexity index is 663. The molecule has 19 heavy (non-hydrogen) atoms. The fraction of sp³-hybridized carbons (Fsp3) is 0.250. The molecule has 2 aromatic heterocycles. The molecule has 0 atom stereocenters. The average Bonchev–Trinajstić information content (AvgIpc) is 2.67. The van der Waals surface area contributed by atoms with Gasteiger partial charge in [0.15, 0.2) is 0 Å². The molecule has 5 N–H and O–H groups in total. The molecule has 0 aromatic carbocycles. The molecule has 2 heterocycles. The van der Waals surface area contributed by atoms with E-state index in [1.54, 1.807) is 18.5 Å². The van der Waals surface area contributed by atoms with Gasteiger partial charge < -0.3 is 16.8 Å². The van der Waals surface area contributed by atoms with Crippen LogP contribution < -0.4 is 16.8 Å². The largest absolute Gasteiger partial charge is 0.397 e. The Labute approximate surface area is 113 Å². The first kappa shape index (κ1) is 13.3. The summed E-state index contributed by atoms with van der Waals surface area (Å²) in [7, 11) is 0. The molecule has 0 unspecified atom stereocenters. The summed E-state index contributed by atoms with van der Waals surface area (Å²) in [6, 6.07) is 1.75. The SMILES string of the molecule is CC(C)(NC(=O)c1sc2cnccc2c1N)C(N)=O. The fourth-order valence-corrected chi connectivity index (χ4v) is 2.53. The minimum absolute atomic E-state index is 0.359. The number of rotatable bonds is 3. The number of fused-ring (bicyclic) bond motifs is 1. The lowest BCUT2D eigenvalue weighted by Crippen LogP contribution is -2.52. The highest BCUT2D eigenvalue weighted by Crippen LogP contribution is 2.32. The zero-order valence-electron chi connectivity index (χ0n) is 10.6. The maximum atomic E-state index is 12.1. The zero-order chi connectivity index (χ0) is 14.2. The summed E-state index contributed by atoms with van der Waals surface area (Å²) in [6.45, 7) is 3.08. The van der Waals surface area contributed by atoms with Crippen LogP contribution in [0.3, 0.4) is 0 Å². The van der Waals surface area contributed by atoms with Crippen LogP contribution in [-0.4, -0.2) is 22.3 Å². The number of carbonyl (C=O) groups is 2. The second-order valence-electron chi connectivity index (χ2n) is 4.66. The van der Waals surface area contributed by atoms with Crippen LogP contribution in [0.25, 0.3) is 10.1 Å². The van der Waals surface area contributed by atoms with Gasteiger partial charge in [-0.2, -0.15) is 0 Å². The minimum atomic E-state index is -1.13. The number of hydrogen-bond donors (Lipinski definition) is 3. The van der Waals surface area contributed by atoms with E-state index in [1.807, 2.05) is 0 Å². The van der Waals surface area contributed by atoms with Gasteiger partial charge in [-0.05, 0) is 19.9 Å². The summed E-state index contributed by atoms with van der Waals surface area (Å²) < 4.78 is 0.821. The predicted octanol–water partition coefficient (Wildman–Crippen LogP) is 0.872. The van der Waals surface area contributed by atoms with Crippen molar-refractivity contribution in [1.29, 1.82) is 0 Å². The standard InChI is InChI=1S/C12H14N4O2S/c1-12(2,11(14)18)16-10(17)9-8(13)6-3-4-15-5-7(6)19-9/h3-5H,13H2,1-2H3,(H2,14,18)(H,16,17). The summed E-state index contributed by atoms with van der Waals surface area (Å²) in [4.78, 5) is 27.7. The van der Waals surface area contributed by atoms with E-state index in [9.17, 15) is 9.59 Å². The average molecular weight is 278 g/mol. The van der Waals surface area contributed by atoms with Crippen LogP contribution in [0.15, 0.2) is 18.5 Å². The predicted molar refractivity (Wildman–Crippen MR) is 74.8 cm³/mol. The number of hydrogen-bond acceptors (Lipinski definition) is 5. The van der Waals surface area contributed by atoms with Crippen LogP contribution in [0.1, 0.15) is 23.5 Å². The molecule has 6 nitrogen and oxygen atoms in total. The fourth-order valence-electron chi connectivity index (χ4n) is 1.54. The van der Waals surface area contributed by atoms with Crippen molar-refractivity contribution >= 4 is 38.9 Å². The van der Waals surface area contributed by atoms with Gasteiger partial charge >= 0.3 is 0 Å². The second-order valence-corrected chi connectivity index (χ2v) is 5.71. The van der Waals surface area contributed by atoms with Crippen LogP contribution in [0, 0.1) is 0 Å². The zero-order valence-corrected chi connectivity index (χ0v) is 11.4. The third-order valence-electron chi connectivity index (χ3n) is 2.78. The van der Waals surface area contributed by atoms with E-state index >= 15 is 0 Å². The van der Waals surface area contributed by atoms with Gasteiger partial charge in [-0.25, -0.2) is 0 Å². The van der Waals surface area contributed by atoms with E-state index in [0.29, 0.717) is 10.6 Å². The number of nitrogens with two attached hydrogens (primary N) is 2. The third-order valence-corrected chi connectivity index (χ3v) is 3.93. The van der Waals surface area contributed by atoms with Gasteiger partial charge in [-0.3, -0.25) is 14.6 Å². The molecular weight excluding hydrogens is 264 g/mol. The molecule has 2 amide bonds. The normalized spacial score (nSPS) is 11.5. The molecule has 0 aliphatic carbocycles. The highest BCUT2D eigenvalue weighted by molar-refractivity contribution is 7.21. The van der Waals surface area contributed by atoms with E-state index < -0.39 is 17.4 Å². The Morgan fingerprint density at radius 2 is 2.11 bits per heavy atom. The van der Waals surface area contributed by atoms with Gasteiger partial charge in [0.05, 0.1) is 10.4 Å². The molecule has 2 aromatic rings. The van der Waals surface area contributed by atoms with Crippen LogP contribution >= 0.6 is 11.3 Å². The molecule has 100 valence electrons. The molecule has 0 saturated heterocycles. The van der Waals surface area contributed by atoms with Crippen molar-refractivity contribution in [3.8, 4) is 0 Å². The van der Waals surface area contributed by atoms with Crippen molar-refractivity contribution in [3.63, 3.8) is 0 Å². The number of nitrogens with one attached hydrogen (secondary N) is 1. The van der Waals surface area contributed by atoms with Gasteiger partial charge in [0.1, 0.15) is 10.4 Å². The van der Waals surface area contributed by atoms with Crippen LogP contribution in [0.2, 0.25) is 0 Å². The molecule has 0 radical (unpaired) electrons. The van der Waals surface area contributed by atoms with Gasteiger partial charge in [0, 0.05) is 17.8 Å². The quantitative estimate of drug-likeness (QED) is 0.773. The number of nitrogens with zero attached hydrogens (tertiary/aromatic N) is 1. The van der Waals surface area contributed by atoms with Crippen molar-refractivity contribution < 1.29 is 9.59 Å². The van der Waals surface area contributed by atoms with Crippen molar-refractivity contribution in [2.45, 2.75) is 19.4 Å². The summed E-state index contributed by atoms with van der Waals surface area (Å²) in [6.07, 6.45) is 3.26. The van der Waals surface area contributed by atoms with E-state index in [4.69, 9.17) is 11.5 Å². The van der Waals surface area contributed by atoms with Gasteiger partial charge in [0.25, 0.3) is 5.91 Å². The van der Waals surface area contributed by atoms with Crippen molar-refractivity contribution in [1.82, 2.24) is 10.3 Å². The van der Waals surface area contributed by atoms with Gasteiger partial charge in [0.2, 0.25) is 5.91 Å². The summed E-state index contributed by atoms with van der Waals surface area (Å²) in [5.41, 5.74) is 10.4. The molecule has 0 spiro atoms. The Hall–Kier alpha value is -2.15. The molecule has 2 rings (SSSR count). The number of thiophene rings is 1. The van der Waals surface area contributed by atoms with Crippen molar-refractivity contribution in [2.24, 2.45) is 5.73 Å². The topological polar surface area (TPSA) is 111 Å². The molecule has 7 heteroatoms. The first-order valence-corrected chi connectivity index (χ1v) is 6.39. The van der Waals surface area contributed by atoms with E-state index in [1.165, 1.54) is 25.2 Å². The number of carbonyl (C=O) groups excluding carboxylic acids is 2. The highest BCUT2D eigenvalue weighted by atomic mass is 32.1. The minimum Gasteiger partial charge on any atom is -0.397 e. The van der Waals surface area contributed by atoms with E-state index in [-0.39, 0.29) is 0 Å². The van der Waals surface area contributed by atoms with Gasteiger partial charge in [-0.1, -0.05) is 0 Å². The molecule has 0 saturated carbocycles. The number of aromatic nitrogens is 1. The number of pyridine rings is 1. The number of anilines is 1. The van der Waals surface area contributed by atoms with Crippen LogP contribution in [0.5, 0.6) is 0 Å². The number of amides is 2. The van der Waals surface area contributed by atoms with Gasteiger partial charge in [-0.15, -0.1) is 11.3 Å². The Morgan fingerprint density at radius 3 is 2.68 bits per heavy atom. The second kappa shape index (κ2) is 4.51. The first-order valence-electron chi connectivity index (χ1n) is 5.57. The first-order chi connectivity index (χ1) is 8.83. The maximum absolute atomic E-state index is 12.1. The Kier molecular flexibility index (Phi) is 3.15. The lowest BCUT2D eigenvalue weighted by molar-refractivity contribution is -0.122. The molecule has 0 bridgehead atoms. The molecule has 0 aliphatic heterocycles. The number of primary amides is 1. The lowest BCUT2D eigenvalue weighted by atomic mass is 10.1. The highest BCUT2D eigenvalue weighted by Gasteiger charge is 2.29. The molecular formula is C12H14N4O2S. The summed E-state index contributed by atoms with van der Waals surface area (Å²) in [5.74, 6) is -1.02. The van der Waals surface area contributed by atoms with E-state index in [0.717, 1.165) is 10.1 Å². The Balaban J connectivity index is 2.37. The van der Waals surface area contributed by atoms with E-state index in [2.05, 4.69) is 10.3 Å². The summed E-state index contributed by atoms with van der Waals surface area (Å²) in [5, 5.41) is 3.35. The maximum Gasteiger partial charge on any atom is 0.264 e. The van der Waals surface area contributed by atoms with Crippen molar-refractivity contribution in [2.75, 3.05) is 5.73 Å². The number of nitrogen functional groups attached to an aromatic ring is 1. The van der Waals surface area contributed by atoms with Crippen LogP contribution in [-0.2, 0) is 4.79 Å². The lowest BCUT2D eigenvalue weighted by Gasteiger charge is -2.21. The molecule has 0 aliphatic rings. The van der Waals surface area contributed by atoms with Crippen LogP contribution in [0.4, 0.5) is 5.69 Å². The summed E-state index contributed by atoms with van der Waals surface area (Å²) >= 11 is 1.23. The Morgan fingerprint density at radius 1 is 1.42 bits per heavy atom. The van der Waals surface area contributed by atoms with Crippen molar-refractivity contribution in [3.05, 3.63) is 23.3 Å².